The molecule has 2 rings (SSSR count). The fourth-order valence-corrected chi connectivity index (χ4v) is 2.08. The number of ether oxygens (including phenoxy) is 1. The van der Waals surface area contributed by atoms with Crippen molar-refractivity contribution in [3.8, 4) is 5.75 Å². The number of carbonyl (C=O) groups is 1. The third-order valence-electron chi connectivity index (χ3n) is 2.94. The maximum atomic E-state index is 12.2. The van der Waals surface area contributed by atoms with Gasteiger partial charge >= 0.3 is 0 Å². The van der Waals surface area contributed by atoms with Crippen molar-refractivity contribution in [2.75, 3.05) is 11.9 Å². The predicted molar refractivity (Wildman–Crippen MR) is 84.6 cm³/mol. The lowest BCUT2D eigenvalue weighted by atomic mass is 10.1. The predicted octanol–water partition coefficient (Wildman–Crippen LogP) is 3.38. The molecule has 21 heavy (non-hydrogen) atoms. The second-order valence-corrected chi connectivity index (χ2v) is 4.89. The zero-order valence-electron chi connectivity index (χ0n) is 11.7. The molecule has 0 saturated carbocycles. The molecule has 2 aromatic carbocycles. The maximum absolute atomic E-state index is 12.2. The lowest BCUT2D eigenvalue weighted by Crippen LogP contribution is -2.27. The third-order valence-corrected chi connectivity index (χ3v) is 3.18. The molecule has 0 spiro atoms. The van der Waals surface area contributed by atoms with Crippen LogP contribution in [0.4, 0.5) is 5.69 Å². The minimum Gasteiger partial charge on any atom is -0.492 e. The van der Waals surface area contributed by atoms with Gasteiger partial charge in [0.2, 0.25) is 5.91 Å². The summed E-state index contributed by atoms with van der Waals surface area (Å²) in [7, 11) is 0. The summed E-state index contributed by atoms with van der Waals surface area (Å²) in [6.07, 6.45) is 0. The Labute approximate surface area is 128 Å². The van der Waals surface area contributed by atoms with Gasteiger partial charge in [-0.1, -0.05) is 41.9 Å². The van der Waals surface area contributed by atoms with Crippen molar-refractivity contribution in [3.05, 3.63) is 59.1 Å². The van der Waals surface area contributed by atoms with E-state index in [4.69, 9.17) is 22.1 Å². The molecule has 0 bridgehead atoms. The molecule has 0 unspecified atom stereocenters. The van der Waals surface area contributed by atoms with E-state index < -0.39 is 6.04 Å². The zero-order chi connectivity index (χ0) is 15.2. The highest BCUT2D eigenvalue weighted by Crippen LogP contribution is 2.28. The normalized spacial score (nSPS) is 11.8. The van der Waals surface area contributed by atoms with E-state index in [0.717, 1.165) is 5.56 Å². The maximum Gasteiger partial charge on any atom is 0.245 e. The number of hydrogen-bond acceptors (Lipinski definition) is 3. The van der Waals surface area contributed by atoms with Crippen LogP contribution < -0.4 is 15.8 Å². The summed E-state index contributed by atoms with van der Waals surface area (Å²) in [6, 6.07) is 13.5. The number of amides is 1. The summed E-state index contributed by atoms with van der Waals surface area (Å²) in [5, 5.41) is 3.28. The number of nitrogens with one attached hydrogen (secondary N) is 1. The monoisotopic (exact) mass is 304 g/mol. The molecule has 0 aliphatic heterocycles. The number of nitrogens with two attached hydrogens (primary N) is 1. The summed E-state index contributed by atoms with van der Waals surface area (Å²) in [5.41, 5.74) is 7.22. The molecule has 0 aliphatic carbocycles. The Kier molecular flexibility index (Phi) is 5.20. The van der Waals surface area contributed by atoms with Crippen LogP contribution in [0.2, 0.25) is 5.02 Å². The van der Waals surface area contributed by atoms with Crippen molar-refractivity contribution >= 4 is 23.2 Å². The Hall–Kier alpha value is -2.04. The largest absolute Gasteiger partial charge is 0.492 e. The molecule has 0 saturated heterocycles. The van der Waals surface area contributed by atoms with Crippen LogP contribution in [-0.4, -0.2) is 12.5 Å². The molecule has 3 N–H and O–H groups in total. The molecule has 0 heterocycles. The highest BCUT2D eigenvalue weighted by molar-refractivity contribution is 6.31. The van der Waals surface area contributed by atoms with Gasteiger partial charge in [-0.25, -0.2) is 0 Å². The quantitative estimate of drug-likeness (QED) is 0.890. The van der Waals surface area contributed by atoms with E-state index >= 15 is 0 Å². The third kappa shape index (κ3) is 3.97. The Morgan fingerprint density at radius 2 is 2.00 bits per heavy atom. The smallest absolute Gasteiger partial charge is 0.245 e. The van der Waals surface area contributed by atoms with Crippen LogP contribution >= 0.6 is 11.6 Å². The van der Waals surface area contributed by atoms with Gasteiger partial charge in [0, 0.05) is 5.02 Å². The minimum absolute atomic E-state index is 0.315. The summed E-state index contributed by atoms with van der Waals surface area (Å²) in [6.45, 7) is 2.37. The van der Waals surface area contributed by atoms with Gasteiger partial charge in [0.05, 0.1) is 12.3 Å². The van der Waals surface area contributed by atoms with Gasteiger partial charge in [0.15, 0.2) is 0 Å². The molecule has 0 aliphatic rings. The van der Waals surface area contributed by atoms with Crippen molar-refractivity contribution in [1.29, 1.82) is 0 Å². The summed E-state index contributed by atoms with van der Waals surface area (Å²) in [5.74, 6) is 0.250. The Bertz CT molecular complexity index is 617. The molecule has 2 aromatic rings. The number of rotatable bonds is 5. The van der Waals surface area contributed by atoms with Crippen LogP contribution in [0.3, 0.4) is 0 Å². The molecule has 4 nitrogen and oxygen atoms in total. The van der Waals surface area contributed by atoms with Gasteiger partial charge in [-0.05, 0) is 30.7 Å². The van der Waals surface area contributed by atoms with Gasteiger partial charge in [0.25, 0.3) is 0 Å². The Balaban J connectivity index is 2.17. The van der Waals surface area contributed by atoms with E-state index in [-0.39, 0.29) is 5.91 Å². The topological polar surface area (TPSA) is 64.3 Å². The number of carbonyl (C=O) groups excluding carboxylic acids is 1. The second kappa shape index (κ2) is 7.11. The molecule has 1 atom stereocenters. The van der Waals surface area contributed by atoms with Crippen LogP contribution in [0.1, 0.15) is 18.5 Å². The van der Waals surface area contributed by atoms with Crippen molar-refractivity contribution in [2.45, 2.75) is 13.0 Å². The van der Waals surface area contributed by atoms with Crippen molar-refractivity contribution in [2.24, 2.45) is 5.73 Å². The fourth-order valence-electron chi connectivity index (χ4n) is 1.90. The number of benzene rings is 2. The van der Waals surface area contributed by atoms with Crippen molar-refractivity contribution < 1.29 is 9.53 Å². The summed E-state index contributed by atoms with van der Waals surface area (Å²) < 4.78 is 5.46. The van der Waals surface area contributed by atoms with E-state index in [9.17, 15) is 4.79 Å². The van der Waals surface area contributed by atoms with E-state index in [1.807, 2.05) is 37.3 Å². The Morgan fingerprint density at radius 1 is 1.29 bits per heavy atom. The van der Waals surface area contributed by atoms with Crippen molar-refractivity contribution in [1.82, 2.24) is 0 Å². The molecule has 0 radical (unpaired) electrons. The van der Waals surface area contributed by atoms with E-state index in [1.54, 1.807) is 18.2 Å². The van der Waals surface area contributed by atoms with Gasteiger partial charge < -0.3 is 15.8 Å². The summed E-state index contributed by atoms with van der Waals surface area (Å²) >= 11 is 5.96. The van der Waals surface area contributed by atoms with Crippen LogP contribution in [-0.2, 0) is 4.79 Å². The molecule has 0 fully saturated rings. The van der Waals surface area contributed by atoms with Crippen LogP contribution in [0, 0.1) is 0 Å². The van der Waals surface area contributed by atoms with Gasteiger partial charge in [-0.2, -0.15) is 0 Å². The number of anilines is 1. The first-order valence-corrected chi connectivity index (χ1v) is 7.03. The standard InChI is InChI=1S/C16H17ClN2O2/c1-2-21-14-9-8-12(17)10-13(14)19-16(20)15(18)11-6-4-3-5-7-11/h3-10,15H,2,18H2,1H3,(H,19,20)/t15-/m1/s1. The Morgan fingerprint density at radius 3 is 2.67 bits per heavy atom. The summed E-state index contributed by atoms with van der Waals surface area (Å²) in [4.78, 5) is 12.2. The average Bonchev–Trinajstić information content (AvgIpc) is 2.50. The van der Waals surface area contributed by atoms with Crippen LogP contribution in [0.15, 0.2) is 48.5 Å². The number of halogens is 1. The van der Waals surface area contributed by atoms with Crippen molar-refractivity contribution in [3.63, 3.8) is 0 Å². The van der Waals surface area contributed by atoms with E-state index in [0.29, 0.717) is 23.1 Å². The first-order valence-electron chi connectivity index (χ1n) is 6.65. The first kappa shape index (κ1) is 15.4. The van der Waals surface area contributed by atoms with Crippen LogP contribution in [0.5, 0.6) is 5.75 Å². The average molecular weight is 305 g/mol. The molecule has 110 valence electrons. The van der Waals surface area contributed by atoms with Crippen LogP contribution in [0.25, 0.3) is 0 Å². The first-order chi connectivity index (χ1) is 10.1. The molecular formula is C16H17ClN2O2. The van der Waals surface area contributed by atoms with Gasteiger partial charge in [-0.15, -0.1) is 0 Å². The molecular weight excluding hydrogens is 288 g/mol. The lowest BCUT2D eigenvalue weighted by molar-refractivity contribution is -0.117. The SMILES string of the molecule is CCOc1ccc(Cl)cc1NC(=O)[C@H](N)c1ccccc1. The van der Waals surface area contributed by atoms with E-state index in [2.05, 4.69) is 5.32 Å². The molecule has 0 aromatic heterocycles. The lowest BCUT2D eigenvalue weighted by Gasteiger charge is -2.15. The highest BCUT2D eigenvalue weighted by atomic mass is 35.5. The van der Waals surface area contributed by atoms with E-state index in [1.165, 1.54) is 0 Å². The minimum atomic E-state index is -0.750. The second-order valence-electron chi connectivity index (χ2n) is 4.45. The molecule has 5 heteroatoms. The number of hydrogen-bond donors (Lipinski definition) is 2. The van der Waals surface area contributed by atoms with Gasteiger partial charge in [-0.3, -0.25) is 4.79 Å². The molecule has 1 amide bonds. The fraction of sp³-hybridized carbons (Fsp3) is 0.188. The zero-order valence-corrected chi connectivity index (χ0v) is 12.4. The van der Waals surface area contributed by atoms with Gasteiger partial charge in [0.1, 0.15) is 11.8 Å². The highest BCUT2D eigenvalue weighted by Gasteiger charge is 2.17.